The number of esters is 1. The minimum absolute atomic E-state index is 0.105. The zero-order chi connectivity index (χ0) is 19.8. The minimum Gasteiger partial charge on any atom is -0.496 e. The summed E-state index contributed by atoms with van der Waals surface area (Å²) in [5.74, 6) is -0.625. The largest absolute Gasteiger partial charge is 0.496 e. The number of carbonyl (C=O) groups excluding carboxylic acids is 3. The van der Waals surface area contributed by atoms with Crippen molar-refractivity contribution in [1.29, 1.82) is 0 Å². The lowest BCUT2D eigenvalue weighted by molar-refractivity contribution is -0.148. The molecule has 0 fully saturated rings. The topological polar surface area (TPSA) is 81.7 Å². The number of nitrogens with one attached hydrogen (secondary N) is 1. The van der Waals surface area contributed by atoms with E-state index in [4.69, 9.17) is 9.47 Å². The second-order valence-electron chi connectivity index (χ2n) is 5.78. The van der Waals surface area contributed by atoms with Crippen molar-refractivity contribution in [2.24, 2.45) is 0 Å². The number of anilines is 1. The van der Waals surface area contributed by atoms with Crippen molar-refractivity contribution >= 4 is 29.4 Å². The fraction of sp³-hybridized carbons (Fsp3) is 0.190. The summed E-state index contributed by atoms with van der Waals surface area (Å²) in [6.07, 6.45) is 1.79. The Kier molecular flexibility index (Phi) is 6.88. The normalized spacial score (nSPS) is 11.7. The Balaban J connectivity index is 1.95. The van der Waals surface area contributed by atoms with Gasteiger partial charge in [0.25, 0.3) is 5.91 Å². The Morgan fingerprint density at radius 1 is 1.07 bits per heavy atom. The first-order valence-corrected chi connectivity index (χ1v) is 8.34. The molecule has 0 heterocycles. The third kappa shape index (κ3) is 5.81. The van der Waals surface area contributed by atoms with Crippen molar-refractivity contribution in [2.45, 2.75) is 20.0 Å². The van der Waals surface area contributed by atoms with Crippen molar-refractivity contribution in [3.05, 3.63) is 65.7 Å². The van der Waals surface area contributed by atoms with Crippen LogP contribution >= 0.6 is 0 Å². The first-order chi connectivity index (χ1) is 12.9. The van der Waals surface area contributed by atoms with E-state index in [1.807, 2.05) is 12.1 Å². The molecule has 0 aromatic heterocycles. The summed E-state index contributed by atoms with van der Waals surface area (Å²) in [4.78, 5) is 35.5. The van der Waals surface area contributed by atoms with Crippen molar-refractivity contribution < 1.29 is 23.9 Å². The fourth-order valence-corrected chi connectivity index (χ4v) is 2.29. The summed E-state index contributed by atoms with van der Waals surface area (Å²) < 4.78 is 10.3. The molecule has 1 N–H and O–H groups in total. The smallest absolute Gasteiger partial charge is 0.331 e. The number of benzene rings is 2. The molecule has 1 atom stereocenters. The quantitative estimate of drug-likeness (QED) is 0.460. The lowest BCUT2D eigenvalue weighted by Crippen LogP contribution is -2.29. The van der Waals surface area contributed by atoms with Gasteiger partial charge in [-0.2, -0.15) is 0 Å². The molecule has 1 amide bonds. The van der Waals surface area contributed by atoms with E-state index >= 15 is 0 Å². The van der Waals surface area contributed by atoms with Gasteiger partial charge in [-0.1, -0.05) is 30.3 Å². The van der Waals surface area contributed by atoms with Crippen LogP contribution in [0.25, 0.3) is 6.08 Å². The van der Waals surface area contributed by atoms with Crippen molar-refractivity contribution in [3.63, 3.8) is 0 Å². The van der Waals surface area contributed by atoms with Crippen LogP contribution in [-0.2, 0) is 14.3 Å². The molecule has 0 aliphatic rings. The maximum atomic E-state index is 12.2. The van der Waals surface area contributed by atoms with Crippen LogP contribution in [0.15, 0.2) is 54.6 Å². The molecule has 0 bridgehead atoms. The molecule has 0 aliphatic heterocycles. The van der Waals surface area contributed by atoms with Crippen molar-refractivity contribution in [3.8, 4) is 5.75 Å². The molecule has 140 valence electrons. The molecular weight excluding hydrogens is 346 g/mol. The van der Waals surface area contributed by atoms with Gasteiger partial charge >= 0.3 is 5.97 Å². The lowest BCUT2D eigenvalue weighted by Gasteiger charge is -2.13. The maximum Gasteiger partial charge on any atom is 0.331 e. The van der Waals surface area contributed by atoms with Gasteiger partial charge in [0.15, 0.2) is 11.9 Å². The predicted octanol–water partition coefficient (Wildman–Crippen LogP) is 3.48. The van der Waals surface area contributed by atoms with Gasteiger partial charge in [-0.05, 0) is 38.1 Å². The van der Waals surface area contributed by atoms with Gasteiger partial charge in [0.1, 0.15) is 5.75 Å². The number of carbonyl (C=O) groups is 3. The highest BCUT2D eigenvalue weighted by molar-refractivity contribution is 5.99. The van der Waals surface area contributed by atoms with Gasteiger partial charge in [0.05, 0.1) is 7.11 Å². The van der Waals surface area contributed by atoms with Crippen LogP contribution in [0.1, 0.15) is 29.8 Å². The highest BCUT2D eigenvalue weighted by Crippen LogP contribution is 2.18. The Hall–Kier alpha value is -3.41. The van der Waals surface area contributed by atoms with E-state index in [1.54, 1.807) is 49.6 Å². The number of rotatable bonds is 7. The Morgan fingerprint density at radius 2 is 1.81 bits per heavy atom. The van der Waals surface area contributed by atoms with Crippen LogP contribution in [0.4, 0.5) is 5.69 Å². The summed E-state index contributed by atoms with van der Waals surface area (Å²) >= 11 is 0. The molecule has 0 radical (unpaired) electrons. The summed E-state index contributed by atoms with van der Waals surface area (Å²) in [6.45, 7) is 2.92. The lowest BCUT2D eigenvalue weighted by atomic mass is 10.1. The van der Waals surface area contributed by atoms with Gasteiger partial charge in [-0.25, -0.2) is 4.79 Å². The Labute approximate surface area is 157 Å². The van der Waals surface area contributed by atoms with E-state index in [1.165, 1.54) is 19.9 Å². The number of ketones is 1. The maximum absolute atomic E-state index is 12.2. The van der Waals surface area contributed by atoms with Crippen molar-refractivity contribution in [2.75, 3.05) is 12.4 Å². The van der Waals surface area contributed by atoms with Gasteiger partial charge in [-0.15, -0.1) is 0 Å². The molecule has 2 aromatic rings. The number of hydrogen-bond acceptors (Lipinski definition) is 5. The van der Waals surface area contributed by atoms with Gasteiger partial charge in [0.2, 0.25) is 0 Å². The number of para-hydroxylation sites is 1. The van der Waals surface area contributed by atoms with Crippen molar-refractivity contribution in [1.82, 2.24) is 0 Å². The number of hydrogen-bond donors (Lipinski definition) is 1. The van der Waals surface area contributed by atoms with Crippen LogP contribution < -0.4 is 10.1 Å². The number of ether oxygens (including phenoxy) is 2. The second kappa shape index (κ2) is 9.33. The van der Waals surface area contributed by atoms with Crippen LogP contribution in [-0.4, -0.2) is 30.9 Å². The van der Waals surface area contributed by atoms with Crippen LogP contribution in [0.3, 0.4) is 0 Å². The third-order valence-corrected chi connectivity index (χ3v) is 3.74. The van der Waals surface area contributed by atoms with Crippen LogP contribution in [0.2, 0.25) is 0 Å². The van der Waals surface area contributed by atoms with E-state index in [0.29, 0.717) is 17.0 Å². The van der Waals surface area contributed by atoms with E-state index < -0.39 is 18.0 Å². The Bertz CT molecular complexity index is 872. The highest BCUT2D eigenvalue weighted by Gasteiger charge is 2.17. The summed E-state index contributed by atoms with van der Waals surface area (Å²) in [5.41, 5.74) is 1.66. The molecular formula is C21H21NO5. The van der Waals surface area contributed by atoms with Gasteiger partial charge in [0, 0.05) is 22.9 Å². The molecule has 0 aliphatic carbocycles. The van der Waals surface area contributed by atoms with Crippen LogP contribution in [0, 0.1) is 0 Å². The SMILES string of the molecule is COc1ccccc1/C=C/C(=O)O[C@H](C)C(=O)Nc1cccc(C(C)=O)c1. The van der Waals surface area contributed by atoms with E-state index in [0.717, 1.165) is 5.56 Å². The Morgan fingerprint density at radius 3 is 2.52 bits per heavy atom. The number of amides is 1. The summed E-state index contributed by atoms with van der Waals surface area (Å²) in [6, 6.07) is 13.7. The highest BCUT2D eigenvalue weighted by atomic mass is 16.5. The molecule has 6 nitrogen and oxygen atoms in total. The molecule has 2 aromatic carbocycles. The molecule has 6 heteroatoms. The molecule has 0 spiro atoms. The molecule has 0 saturated carbocycles. The minimum atomic E-state index is -0.999. The zero-order valence-electron chi connectivity index (χ0n) is 15.4. The zero-order valence-corrected chi connectivity index (χ0v) is 15.4. The number of Topliss-reactive ketones (excluding diaryl/α,β-unsaturated/α-hetero) is 1. The first kappa shape index (κ1) is 19.9. The summed E-state index contributed by atoms with van der Waals surface area (Å²) in [7, 11) is 1.54. The van der Waals surface area contributed by atoms with Gasteiger partial charge < -0.3 is 14.8 Å². The molecule has 27 heavy (non-hydrogen) atoms. The van der Waals surface area contributed by atoms with E-state index in [-0.39, 0.29) is 5.78 Å². The van der Waals surface area contributed by atoms with Crippen LogP contribution in [0.5, 0.6) is 5.75 Å². The first-order valence-electron chi connectivity index (χ1n) is 8.34. The average molecular weight is 367 g/mol. The van der Waals surface area contributed by atoms with E-state index in [2.05, 4.69) is 5.32 Å². The van der Waals surface area contributed by atoms with E-state index in [9.17, 15) is 14.4 Å². The molecule has 2 rings (SSSR count). The van der Waals surface area contributed by atoms with Gasteiger partial charge in [-0.3, -0.25) is 9.59 Å². The monoisotopic (exact) mass is 367 g/mol. The fourth-order valence-electron chi connectivity index (χ4n) is 2.29. The number of methoxy groups -OCH3 is 1. The molecule has 0 unspecified atom stereocenters. The second-order valence-corrected chi connectivity index (χ2v) is 5.78. The standard InChI is InChI=1S/C21H21NO5/c1-14(23)17-8-6-9-18(13-17)22-21(25)15(2)27-20(24)12-11-16-7-4-5-10-19(16)26-3/h4-13,15H,1-3H3,(H,22,25)/b12-11+/t15-/m1/s1. The average Bonchev–Trinajstić information content (AvgIpc) is 2.66. The predicted molar refractivity (Wildman–Crippen MR) is 103 cm³/mol. The summed E-state index contributed by atoms with van der Waals surface area (Å²) in [5, 5.41) is 2.62. The molecule has 0 saturated heterocycles. The third-order valence-electron chi connectivity index (χ3n) is 3.74.